The number of hydrogen-bond acceptors (Lipinski definition) is 5. The molecule has 128 valence electrons. The second-order valence-corrected chi connectivity index (χ2v) is 6.99. The number of anilines is 1. The van der Waals surface area contributed by atoms with Crippen LogP contribution in [0.3, 0.4) is 0 Å². The zero-order valence-electron chi connectivity index (χ0n) is 14.1. The molecule has 0 bridgehead atoms. The van der Waals surface area contributed by atoms with Gasteiger partial charge in [-0.05, 0) is 51.3 Å². The number of methoxy groups -OCH3 is 1. The molecule has 1 aromatic carbocycles. The van der Waals surface area contributed by atoms with Crippen LogP contribution in [0.15, 0.2) is 12.1 Å². The first-order valence-corrected chi connectivity index (χ1v) is 7.73. The Morgan fingerprint density at radius 1 is 1.35 bits per heavy atom. The SMILES string of the molecule is COc1cc(C2(CO)CCC2)cc(NC(=O)OC(C)(C)C)c1O. The summed E-state index contributed by atoms with van der Waals surface area (Å²) in [6, 6.07) is 3.39. The van der Waals surface area contributed by atoms with Gasteiger partial charge in [-0.25, -0.2) is 4.79 Å². The van der Waals surface area contributed by atoms with Crippen molar-refractivity contribution in [1.82, 2.24) is 0 Å². The maximum Gasteiger partial charge on any atom is 0.412 e. The zero-order chi connectivity index (χ0) is 17.3. The van der Waals surface area contributed by atoms with Gasteiger partial charge in [-0.2, -0.15) is 0 Å². The molecule has 0 unspecified atom stereocenters. The van der Waals surface area contributed by atoms with Gasteiger partial charge in [-0.1, -0.05) is 6.42 Å². The summed E-state index contributed by atoms with van der Waals surface area (Å²) in [5.74, 6) is 0.0998. The number of phenols is 1. The monoisotopic (exact) mass is 323 g/mol. The molecule has 0 radical (unpaired) electrons. The summed E-state index contributed by atoms with van der Waals surface area (Å²) < 4.78 is 10.4. The van der Waals surface area contributed by atoms with Gasteiger partial charge in [0.2, 0.25) is 0 Å². The molecule has 1 fully saturated rings. The molecule has 0 spiro atoms. The van der Waals surface area contributed by atoms with E-state index in [1.165, 1.54) is 7.11 Å². The fourth-order valence-corrected chi connectivity index (χ4v) is 2.72. The molecule has 1 aliphatic carbocycles. The van der Waals surface area contributed by atoms with Gasteiger partial charge >= 0.3 is 6.09 Å². The molecule has 1 aliphatic rings. The number of nitrogens with one attached hydrogen (secondary N) is 1. The van der Waals surface area contributed by atoms with Crippen LogP contribution >= 0.6 is 0 Å². The number of hydrogen-bond donors (Lipinski definition) is 3. The summed E-state index contributed by atoms with van der Waals surface area (Å²) >= 11 is 0. The minimum Gasteiger partial charge on any atom is -0.503 e. The van der Waals surface area contributed by atoms with Crippen molar-refractivity contribution in [2.45, 2.75) is 51.0 Å². The Labute approximate surface area is 136 Å². The van der Waals surface area contributed by atoms with Crippen LogP contribution in [0, 0.1) is 0 Å². The third-order valence-electron chi connectivity index (χ3n) is 4.16. The van der Waals surface area contributed by atoms with Crippen molar-refractivity contribution < 1.29 is 24.5 Å². The van der Waals surface area contributed by atoms with Crippen molar-refractivity contribution in [3.05, 3.63) is 17.7 Å². The molecule has 0 saturated heterocycles. The number of phenolic OH excluding ortho intramolecular Hbond substituents is 1. The molecule has 0 aromatic heterocycles. The lowest BCUT2D eigenvalue weighted by Crippen LogP contribution is -2.38. The molecule has 1 aromatic rings. The third-order valence-corrected chi connectivity index (χ3v) is 4.16. The molecule has 1 amide bonds. The molecule has 0 heterocycles. The first kappa shape index (κ1) is 17.4. The number of ether oxygens (including phenoxy) is 2. The summed E-state index contributed by atoms with van der Waals surface area (Å²) in [4.78, 5) is 12.0. The van der Waals surface area contributed by atoms with E-state index >= 15 is 0 Å². The number of carbonyl (C=O) groups is 1. The average molecular weight is 323 g/mol. The summed E-state index contributed by atoms with van der Waals surface area (Å²) in [7, 11) is 1.45. The fourth-order valence-electron chi connectivity index (χ4n) is 2.72. The summed E-state index contributed by atoms with van der Waals surface area (Å²) in [5, 5.41) is 22.5. The van der Waals surface area contributed by atoms with Gasteiger partial charge in [-0.15, -0.1) is 0 Å². The normalized spacial score (nSPS) is 16.4. The van der Waals surface area contributed by atoms with Gasteiger partial charge in [0.15, 0.2) is 11.5 Å². The Bertz CT molecular complexity index is 582. The van der Waals surface area contributed by atoms with Crippen molar-refractivity contribution in [3.8, 4) is 11.5 Å². The molecule has 6 nitrogen and oxygen atoms in total. The van der Waals surface area contributed by atoms with E-state index in [2.05, 4.69) is 5.32 Å². The Hall–Kier alpha value is -1.95. The van der Waals surface area contributed by atoms with Crippen LogP contribution in [0.5, 0.6) is 11.5 Å². The average Bonchev–Trinajstić information content (AvgIpc) is 2.39. The Morgan fingerprint density at radius 3 is 2.43 bits per heavy atom. The maximum atomic E-state index is 12.0. The van der Waals surface area contributed by atoms with Crippen LogP contribution in [0.1, 0.15) is 45.6 Å². The van der Waals surface area contributed by atoms with E-state index in [9.17, 15) is 15.0 Å². The largest absolute Gasteiger partial charge is 0.503 e. The predicted octanol–water partition coefficient (Wildman–Crippen LogP) is 3.16. The highest BCUT2D eigenvalue weighted by Gasteiger charge is 2.39. The quantitative estimate of drug-likeness (QED) is 0.741. The number of aromatic hydroxyl groups is 1. The second kappa shape index (κ2) is 6.28. The highest BCUT2D eigenvalue weighted by Crippen LogP contribution is 2.47. The van der Waals surface area contributed by atoms with E-state index in [1.54, 1.807) is 32.9 Å². The van der Waals surface area contributed by atoms with Gasteiger partial charge in [0.25, 0.3) is 0 Å². The lowest BCUT2D eigenvalue weighted by Gasteiger charge is -2.41. The fraction of sp³-hybridized carbons (Fsp3) is 0.588. The third kappa shape index (κ3) is 3.69. The first-order valence-electron chi connectivity index (χ1n) is 7.73. The topological polar surface area (TPSA) is 88.0 Å². The molecule has 1 saturated carbocycles. The van der Waals surface area contributed by atoms with Crippen LogP contribution in [0.4, 0.5) is 10.5 Å². The predicted molar refractivity (Wildman–Crippen MR) is 87.1 cm³/mol. The smallest absolute Gasteiger partial charge is 0.412 e. The molecule has 6 heteroatoms. The number of aliphatic hydroxyl groups excluding tert-OH is 1. The van der Waals surface area contributed by atoms with Crippen LogP contribution in [0.25, 0.3) is 0 Å². The van der Waals surface area contributed by atoms with Crippen molar-refractivity contribution in [1.29, 1.82) is 0 Å². The van der Waals surface area contributed by atoms with E-state index in [0.717, 1.165) is 24.8 Å². The number of aliphatic hydroxyl groups is 1. The van der Waals surface area contributed by atoms with Gasteiger partial charge < -0.3 is 19.7 Å². The van der Waals surface area contributed by atoms with Crippen LogP contribution in [-0.4, -0.2) is 35.6 Å². The van der Waals surface area contributed by atoms with E-state index in [-0.39, 0.29) is 29.2 Å². The van der Waals surface area contributed by atoms with Crippen molar-refractivity contribution in [3.63, 3.8) is 0 Å². The molecular weight excluding hydrogens is 298 g/mol. The zero-order valence-corrected chi connectivity index (χ0v) is 14.1. The molecule has 3 N–H and O–H groups in total. The van der Waals surface area contributed by atoms with Crippen LogP contribution in [-0.2, 0) is 10.2 Å². The van der Waals surface area contributed by atoms with Crippen molar-refractivity contribution >= 4 is 11.8 Å². The Morgan fingerprint density at radius 2 is 2.00 bits per heavy atom. The minimum atomic E-state index is -0.654. The summed E-state index contributed by atoms with van der Waals surface area (Å²) in [5.41, 5.74) is 0.0906. The lowest BCUT2D eigenvalue weighted by molar-refractivity contribution is 0.0635. The van der Waals surface area contributed by atoms with Gasteiger partial charge in [0, 0.05) is 5.41 Å². The number of amides is 1. The summed E-state index contributed by atoms with van der Waals surface area (Å²) in [6.07, 6.45) is 2.12. The van der Waals surface area contributed by atoms with E-state index < -0.39 is 11.7 Å². The summed E-state index contributed by atoms with van der Waals surface area (Å²) in [6.45, 7) is 5.31. The molecule has 2 rings (SSSR count). The van der Waals surface area contributed by atoms with Gasteiger partial charge in [-0.3, -0.25) is 5.32 Å². The van der Waals surface area contributed by atoms with Gasteiger partial charge in [0.1, 0.15) is 5.60 Å². The molecular formula is C17H25NO5. The molecule has 0 aliphatic heterocycles. The first-order chi connectivity index (χ1) is 10.7. The van der Waals surface area contributed by atoms with Crippen LogP contribution in [0.2, 0.25) is 0 Å². The number of benzene rings is 1. The Kier molecular flexibility index (Phi) is 4.75. The minimum absolute atomic E-state index is 0.0206. The van der Waals surface area contributed by atoms with Crippen molar-refractivity contribution in [2.75, 3.05) is 19.0 Å². The molecule has 23 heavy (non-hydrogen) atoms. The maximum absolute atomic E-state index is 12.0. The number of carbonyl (C=O) groups excluding carboxylic acids is 1. The highest BCUT2D eigenvalue weighted by molar-refractivity contribution is 5.88. The second-order valence-electron chi connectivity index (χ2n) is 6.99. The number of rotatable bonds is 4. The van der Waals surface area contributed by atoms with E-state index in [0.29, 0.717) is 0 Å². The standard InChI is InChI=1S/C17H25NO5/c1-16(2,3)23-15(21)18-12-8-11(9-13(22-4)14(12)20)17(10-19)6-5-7-17/h8-9,19-20H,5-7,10H2,1-4H3,(H,18,21). The van der Waals surface area contributed by atoms with Gasteiger partial charge in [0.05, 0.1) is 19.4 Å². The highest BCUT2D eigenvalue weighted by atomic mass is 16.6. The van der Waals surface area contributed by atoms with Crippen LogP contribution < -0.4 is 10.1 Å². The Balaban J connectivity index is 2.33. The van der Waals surface area contributed by atoms with Crippen molar-refractivity contribution in [2.24, 2.45) is 0 Å². The van der Waals surface area contributed by atoms with E-state index in [1.807, 2.05) is 0 Å². The molecule has 0 atom stereocenters. The van der Waals surface area contributed by atoms with E-state index in [4.69, 9.17) is 9.47 Å². The lowest BCUT2D eigenvalue weighted by atomic mass is 9.65.